The molecule has 0 bridgehead atoms. The third-order valence-corrected chi connectivity index (χ3v) is 3.76. The Morgan fingerprint density at radius 1 is 1.23 bits per heavy atom. The number of benzene rings is 1. The third kappa shape index (κ3) is 3.21. The first-order valence-corrected chi connectivity index (χ1v) is 7.31. The zero-order chi connectivity index (χ0) is 15.4. The first kappa shape index (κ1) is 14.4. The molecular weight excluding hydrogens is 283 g/mol. The first-order chi connectivity index (χ1) is 10.7. The first-order valence-electron chi connectivity index (χ1n) is 7.31. The Labute approximate surface area is 128 Å². The molecule has 1 aromatic heterocycles. The second-order valence-corrected chi connectivity index (χ2v) is 5.30. The second kappa shape index (κ2) is 6.51. The van der Waals surface area contributed by atoms with Gasteiger partial charge >= 0.3 is 0 Å². The lowest BCUT2D eigenvalue weighted by Gasteiger charge is -2.31. The average molecular weight is 300 g/mol. The lowest BCUT2D eigenvalue weighted by molar-refractivity contribution is -0.120. The number of nitrogens with zero attached hydrogens (tertiary/aromatic N) is 3. The van der Waals surface area contributed by atoms with Crippen LogP contribution in [0.5, 0.6) is 0 Å². The molecule has 1 fully saturated rings. The van der Waals surface area contributed by atoms with E-state index in [4.69, 9.17) is 0 Å². The molecule has 22 heavy (non-hydrogen) atoms. The molecule has 1 aliphatic rings. The van der Waals surface area contributed by atoms with Crippen LogP contribution in [-0.4, -0.2) is 29.0 Å². The van der Waals surface area contributed by atoms with E-state index >= 15 is 0 Å². The Morgan fingerprint density at radius 3 is 2.77 bits per heavy atom. The molecule has 1 aliphatic heterocycles. The van der Waals surface area contributed by atoms with Crippen LogP contribution in [0.4, 0.5) is 16.0 Å². The van der Waals surface area contributed by atoms with Gasteiger partial charge in [-0.25, -0.2) is 14.4 Å². The number of para-hydroxylation sites is 1. The predicted octanol–water partition coefficient (Wildman–Crippen LogP) is 2.47. The lowest BCUT2D eigenvalue weighted by Crippen LogP contribution is -2.41. The molecule has 2 aromatic rings. The minimum absolute atomic E-state index is 0.161. The topological polar surface area (TPSA) is 58.1 Å². The van der Waals surface area contributed by atoms with Crippen LogP contribution in [0.25, 0.3) is 0 Å². The van der Waals surface area contributed by atoms with Gasteiger partial charge in [0.2, 0.25) is 11.9 Å². The van der Waals surface area contributed by atoms with Crippen molar-refractivity contribution in [3.05, 3.63) is 48.5 Å². The highest BCUT2D eigenvalue weighted by molar-refractivity contribution is 5.93. The summed E-state index contributed by atoms with van der Waals surface area (Å²) in [7, 11) is 0. The van der Waals surface area contributed by atoms with Gasteiger partial charge in [0, 0.05) is 25.5 Å². The Morgan fingerprint density at radius 2 is 2.00 bits per heavy atom. The van der Waals surface area contributed by atoms with Gasteiger partial charge in [0.05, 0.1) is 11.6 Å². The molecule has 0 aliphatic carbocycles. The normalized spacial score (nSPS) is 18.0. The lowest BCUT2D eigenvalue weighted by atomic mass is 9.97. The standard InChI is InChI=1S/C16H17FN4O/c17-13-6-1-2-7-14(13)20-15(22)12-5-3-10-21(11-12)16-18-8-4-9-19-16/h1-2,4,6-9,12H,3,5,10-11H2,(H,20,22)/t12-/m0/s1. The summed E-state index contributed by atoms with van der Waals surface area (Å²) in [6.07, 6.45) is 5.04. The maximum atomic E-state index is 13.6. The molecule has 3 rings (SSSR count). The highest BCUT2D eigenvalue weighted by Gasteiger charge is 2.27. The van der Waals surface area contributed by atoms with Gasteiger partial charge < -0.3 is 10.2 Å². The number of halogens is 1. The van der Waals surface area contributed by atoms with E-state index in [0.29, 0.717) is 12.5 Å². The number of rotatable bonds is 3. The predicted molar refractivity (Wildman–Crippen MR) is 82.0 cm³/mol. The van der Waals surface area contributed by atoms with Gasteiger partial charge in [-0.15, -0.1) is 0 Å². The second-order valence-electron chi connectivity index (χ2n) is 5.30. The van der Waals surface area contributed by atoms with Gasteiger partial charge in [-0.1, -0.05) is 12.1 Å². The Kier molecular flexibility index (Phi) is 4.27. The minimum Gasteiger partial charge on any atom is -0.340 e. The summed E-state index contributed by atoms with van der Waals surface area (Å²) in [5.41, 5.74) is 0.223. The highest BCUT2D eigenvalue weighted by Crippen LogP contribution is 2.22. The summed E-state index contributed by atoms with van der Waals surface area (Å²) in [4.78, 5) is 22.8. The molecule has 1 aromatic carbocycles. The average Bonchev–Trinajstić information content (AvgIpc) is 2.58. The fourth-order valence-electron chi connectivity index (χ4n) is 2.62. The number of anilines is 2. The fourth-order valence-corrected chi connectivity index (χ4v) is 2.62. The summed E-state index contributed by atoms with van der Waals surface area (Å²) in [6, 6.07) is 7.95. The minimum atomic E-state index is -0.421. The number of hydrogen-bond acceptors (Lipinski definition) is 4. The summed E-state index contributed by atoms with van der Waals surface area (Å²) < 4.78 is 13.6. The van der Waals surface area contributed by atoms with Crippen LogP contribution in [0.15, 0.2) is 42.7 Å². The van der Waals surface area contributed by atoms with Crippen molar-refractivity contribution in [1.29, 1.82) is 0 Å². The van der Waals surface area contributed by atoms with Crippen LogP contribution in [0.3, 0.4) is 0 Å². The molecule has 2 heterocycles. The molecule has 114 valence electrons. The molecule has 0 spiro atoms. The van der Waals surface area contributed by atoms with Gasteiger partial charge in [0.1, 0.15) is 5.82 Å². The largest absolute Gasteiger partial charge is 0.340 e. The molecule has 1 N–H and O–H groups in total. The number of carbonyl (C=O) groups is 1. The van der Waals surface area contributed by atoms with Crippen molar-refractivity contribution in [3.63, 3.8) is 0 Å². The van der Waals surface area contributed by atoms with Gasteiger partial charge in [-0.3, -0.25) is 4.79 Å². The van der Waals surface area contributed by atoms with Gasteiger partial charge in [0.25, 0.3) is 0 Å². The van der Waals surface area contributed by atoms with Crippen LogP contribution in [0, 0.1) is 11.7 Å². The maximum Gasteiger partial charge on any atom is 0.229 e. The van der Waals surface area contributed by atoms with Crippen molar-refractivity contribution in [2.75, 3.05) is 23.3 Å². The maximum absolute atomic E-state index is 13.6. The fraction of sp³-hybridized carbons (Fsp3) is 0.312. The quantitative estimate of drug-likeness (QED) is 0.946. The van der Waals surface area contributed by atoms with Crippen LogP contribution in [0.1, 0.15) is 12.8 Å². The zero-order valence-corrected chi connectivity index (χ0v) is 12.1. The molecule has 1 saturated heterocycles. The molecule has 1 amide bonds. The van der Waals surface area contributed by atoms with E-state index in [2.05, 4.69) is 15.3 Å². The van der Waals surface area contributed by atoms with E-state index < -0.39 is 5.82 Å². The van der Waals surface area contributed by atoms with Crippen LogP contribution >= 0.6 is 0 Å². The van der Waals surface area contributed by atoms with E-state index in [1.165, 1.54) is 6.07 Å². The van der Waals surface area contributed by atoms with E-state index in [1.54, 1.807) is 36.7 Å². The van der Waals surface area contributed by atoms with Crippen LogP contribution in [0.2, 0.25) is 0 Å². The number of nitrogens with one attached hydrogen (secondary N) is 1. The van der Waals surface area contributed by atoms with Crippen molar-refractivity contribution in [2.24, 2.45) is 5.92 Å². The Balaban J connectivity index is 1.67. The highest BCUT2D eigenvalue weighted by atomic mass is 19.1. The van der Waals surface area contributed by atoms with E-state index in [1.807, 2.05) is 4.90 Å². The van der Waals surface area contributed by atoms with Crippen molar-refractivity contribution >= 4 is 17.5 Å². The summed E-state index contributed by atoms with van der Waals surface area (Å²) in [6.45, 7) is 1.37. The Bertz CT molecular complexity index is 650. The van der Waals surface area contributed by atoms with Gasteiger partial charge in [0.15, 0.2) is 0 Å². The molecule has 5 nitrogen and oxygen atoms in total. The van der Waals surface area contributed by atoms with E-state index in [9.17, 15) is 9.18 Å². The number of carbonyl (C=O) groups excluding carboxylic acids is 1. The molecule has 1 atom stereocenters. The third-order valence-electron chi connectivity index (χ3n) is 3.76. The SMILES string of the molecule is O=C(Nc1ccccc1F)[C@H]1CCCN(c2ncccn2)C1. The monoisotopic (exact) mass is 300 g/mol. The number of hydrogen-bond donors (Lipinski definition) is 1. The van der Waals surface area contributed by atoms with Gasteiger partial charge in [-0.05, 0) is 31.0 Å². The molecule has 0 saturated carbocycles. The molecular formula is C16H17FN4O. The van der Waals surface area contributed by atoms with Gasteiger partial charge in [-0.2, -0.15) is 0 Å². The van der Waals surface area contributed by atoms with Crippen LogP contribution < -0.4 is 10.2 Å². The molecule has 0 radical (unpaired) electrons. The van der Waals surface area contributed by atoms with E-state index in [0.717, 1.165) is 19.4 Å². The van der Waals surface area contributed by atoms with Crippen molar-refractivity contribution in [1.82, 2.24) is 9.97 Å². The zero-order valence-electron chi connectivity index (χ0n) is 12.1. The molecule has 6 heteroatoms. The number of aromatic nitrogens is 2. The van der Waals surface area contributed by atoms with E-state index in [-0.39, 0.29) is 17.5 Å². The van der Waals surface area contributed by atoms with Crippen molar-refractivity contribution in [2.45, 2.75) is 12.8 Å². The number of amides is 1. The summed E-state index contributed by atoms with van der Waals surface area (Å²) >= 11 is 0. The van der Waals surface area contributed by atoms with Crippen LogP contribution in [-0.2, 0) is 4.79 Å². The van der Waals surface area contributed by atoms with Crippen molar-refractivity contribution in [3.8, 4) is 0 Å². The molecule has 0 unspecified atom stereocenters. The summed E-state index contributed by atoms with van der Waals surface area (Å²) in [5, 5.41) is 2.67. The smallest absolute Gasteiger partial charge is 0.229 e. The Hall–Kier alpha value is -2.50. The summed E-state index contributed by atoms with van der Waals surface area (Å²) in [5.74, 6) is -0.149. The van der Waals surface area contributed by atoms with Crippen molar-refractivity contribution < 1.29 is 9.18 Å². The number of piperidine rings is 1.